The summed E-state index contributed by atoms with van der Waals surface area (Å²) in [6.07, 6.45) is 3.17. The Labute approximate surface area is 108 Å². The van der Waals surface area contributed by atoms with E-state index in [1.54, 1.807) is 0 Å². The van der Waals surface area contributed by atoms with Crippen molar-refractivity contribution < 1.29 is 13.3 Å². The molecule has 1 N–H and O–H groups in total. The number of aromatic nitrogens is 2. The quantitative estimate of drug-likeness (QED) is 0.907. The van der Waals surface area contributed by atoms with Gasteiger partial charge >= 0.3 is 0 Å². The van der Waals surface area contributed by atoms with Crippen LogP contribution in [0.15, 0.2) is 22.7 Å². The molecule has 1 aromatic heterocycles. The molecule has 6 heteroatoms. The van der Waals surface area contributed by atoms with Crippen LogP contribution in [0.1, 0.15) is 31.1 Å². The van der Waals surface area contributed by atoms with Crippen molar-refractivity contribution in [3.8, 4) is 11.5 Å². The van der Waals surface area contributed by atoms with Crippen molar-refractivity contribution >= 4 is 0 Å². The zero-order valence-electron chi connectivity index (χ0n) is 10.2. The largest absolute Gasteiger partial charge is 0.334 e. The van der Waals surface area contributed by atoms with Crippen molar-refractivity contribution in [2.75, 3.05) is 6.54 Å². The van der Waals surface area contributed by atoms with Crippen molar-refractivity contribution in [1.82, 2.24) is 15.5 Å². The van der Waals surface area contributed by atoms with Crippen molar-refractivity contribution in [2.45, 2.75) is 25.3 Å². The maximum absolute atomic E-state index is 13.6. The van der Waals surface area contributed by atoms with E-state index in [1.807, 2.05) is 0 Å². The van der Waals surface area contributed by atoms with E-state index in [0.29, 0.717) is 5.82 Å². The van der Waals surface area contributed by atoms with Crippen LogP contribution in [-0.4, -0.2) is 16.7 Å². The van der Waals surface area contributed by atoms with Crippen LogP contribution in [0.5, 0.6) is 0 Å². The van der Waals surface area contributed by atoms with E-state index in [-0.39, 0.29) is 17.5 Å². The van der Waals surface area contributed by atoms with Crippen LogP contribution < -0.4 is 5.32 Å². The summed E-state index contributed by atoms with van der Waals surface area (Å²) in [7, 11) is 0. The molecule has 1 unspecified atom stereocenters. The highest BCUT2D eigenvalue weighted by molar-refractivity contribution is 5.53. The van der Waals surface area contributed by atoms with Crippen molar-refractivity contribution in [3.63, 3.8) is 0 Å². The average molecular weight is 265 g/mol. The van der Waals surface area contributed by atoms with E-state index in [2.05, 4.69) is 15.5 Å². The Morgan fingerprint density at radius 1 is 1.26 bits per heavy atom. The molecule has 0 saturated carbocycles. The SMILES string of the molecule is Fc1ccc(-c2nc(C3CCCCN3)no2)c(F)c1. The van der Waals surface area contributed by atoms with Gasteiger partial charge in [-0.1, -0.05) is 11.6 Å². The Morgan fingerprint density at radius 3 is 2.89 bits per heavy atom. The molecule has 1 aliphatic rings. The van der Waals surface area contributed by atoms with Gasteiger partial charge in [0, 0.05) is 6.07 Å². The molecule has 1 saturated heterocycles. The highest BCUT2D eigenvalue weighted by Crippen LogP contribution is 2.25. The lowest BCUT2D eigenvalue weighted by Crippen LogP contribution is -2.27. The van der Waals surface area contributed by atoms with Crippen LogP contribution in [0.2, 0.25) is 0 Å². The first-order valence-electron chi connectivity index (χ1n) is 6.26. The first-order valence-corrected chi connectivity index (χ1v) is 6.26. The fourth-order valence-corrected chi connectivity index (χ4v) is 2.22. The van der Waals surface area contributed by atoms with Gasteiger partial charge in [-0.2, -0.15) is 4.98 Å². The number of hydrogen-bond acceptors (Lipinski definition) is 4. The van der Waals surface area contributed by atoms with Crippen LogP contribution in [0.25, 0.3) is 11.5 Å². The van der Waals surface area contributed by atoms with Crippen LogP contribution in [-0.2, 0) is 0 Å². The molecule has 100 valence electrons. The number of rotatable bonds is 2. The summed E-state index contributed by atoms with van der Waals surface area (Å²) < 4.78 is 31.5. The number of hydrogen-bond donors (Lipinski definition) is 1. The summed E-state index contributed by atoms with van der Waals surface area (Å²) in [5, 5.41) is 7.16. The van der Waals surface area contributed by atoms with Crippen molar-refractivity contribution in [2.24, 2.45) is 0 Å². The average Bonchev–Trinajstić information content (AvgIpc) is 2.89. The standard InChI is InChI=1S/C13H13F2N3O/c14-8-4-5-9(10(15)7-8)13-17-12(18-19-13)11-3-1-2-6-16-11/h4-5,7,11,16H,1-3,6H2. The van der Waals surface area contributed by atoms with Gasteiger partial charge in [-0.25, -0.2) is 8.78 Å². The first-order chi connectivity index (χ1) is 9.24. The summed E-state index contributed by atoms with van der Waals surface area (Å²) in [6, 6.07) is 3.32. The molecule has 0 bridgehead atoms. The number of halogens is 2. The molecule has 2 heterocycles. The normalized spacial score (nSPS) is 19.6. The number of nitrogens with one attached hydrogen (secondary N) is 1. The molecule has 0 amide bonds. The van der Waals surface area contributed by atoms with Gasteiger partial charge in [0.2, 0.25) is 0 Å². The Hall–Kier alpha value is -1.82. The summed E-state index contributed by atoms with van der Waals surface area (Å²) in [5.74, 6) is -0.722. The van der Waals surface area contributed by atoms with E-state index < -0.39 is 11.6 Å². The fourth-order valence-electron chi connectivity index (χ4n) is 2.22. The molecule has 19 heavy (non-hydrogen) atoms. The third-order valence-corrected chi connectivity index (χ3v) is 3.23. The molecule has 1 fully saturated rings. The molecule has 3 rings (SSSR count). The Morgan fingerprint density at radius 2 is 2.16 bits per heavy atom. The predicted octanol–water partition coefficient (Wildman–Crippen LogP) is 2.83. The van der Waals surface area contributed by atoms with Crippen molar-refractivity contribution in [3.05, 3.63) is 35.7 Å². The second kappa shape index (κ2) is 5.05. The van der Waals surface area contributed by atoms with Gasteiger partial charge in [0.05, 0.1) is 11.6 Å². The molecular weight excluding hydrogens is 252 g/mol. The van der Waals surface area contributed by atoms with E-state index in [4.69, 9.17) is 4.52 Å². The smallest absolute Gasteiger partial charge is 0.260 e. The predicted molar refractivity (Wildman–Crippen MR) is 64.2 cm³/mol. The zero-order valence-corrected chi connectivity index (χ0v) is 10.2. The lowest BCUT2D eigenvalue weighted by atomic mass is 10.0. The maximum Gasteiger partial charge on any atom is 0.260 e. The number of nitrogens with zero attached hydrogens (tertiary/aromatic N) is 2. The molecule has 0 aliphatic carbocycles. The molecule has 0 spiro atoms. The topological polar surface area (TPSA) is 51.0 Å². The fraction of sp³-hybridized carbons (Fsp3) is 0.385. The van der Waals surface area contributed by atoms with Gasteiger partial charge in [-0.15, -0.1) is 0 Å². The number of piperidine rings is 1. The summed E-state index contributed by atoms with van der Waals surface area (Å²) in [5.41, 5.74) is 0.121. The van der Waals surface area contributed by atoms with E-state index in [9.17, 15) is 8.78 Å². The zero-order chi connectivity index (χ0) is 13.2. The third kappa shape index (κ3) is 2.49. The molecule has 1 aromatic carbocycles. The minimum Gasteiger partial charge on any atom is -0.334 e. The molecule has 2 aromatic rings. The Balaban J connectivity index is 1.87. The molecular formula is C13H13F2N3O. The van der Waals surface area contributed by atoms with Crippen LogP contribution in [0.4, 0.5) is 8.78 Å². The van der Waals surface area contributed by atoms with Crippen molar-refractivity contribution in [1.29, 1.82) is 0 Å². The summed E-state index contributed by atoms with van der Waals surface area (Å²) in [6.45, 7) is 0.916. The highest BCUT2D eigenvalue weighted by Gasteiger charge is 2.21. The lowest BCUT2D eigenvalue weighted by Gasteiger charge is -2.19. The maximum atomic E-state index is 13.6. The number of benzene rings is 1. The summed E-state index contributed by atoms with van der Waals surface area (Å²) in [4.78, 5) is 4.19. The van der Waals surface area contributed by atoms with Crippen LogP contribution in [0, 0.1) is 11.6 Å². The van der Waals surface area contributed by atoms with Gasteiger partial charge in [-0.3, -0.25) is 0 Å². The van der Waals surface area contributed by atoms with E-state index in [0.717, 1.165) is 31.9 Å². The first kappa shape index (κ1) is 12.2. The molecule has 4 nitrogen and oxygen atoms in total. The van der Waals surface area contributed by atoms with Gasteiger partial charge in [0.25, 0.3) is 5.89 Å². The van der Waals surface area contributed by atoms with Gasteiger partial charge < -0.3 is 9.84 Å². The van der Waals surface area contributed by atoms with Crippen LogP contribution >= 0.6 is 0 Å². The molecule has 1 atom stereocenters. The van der Waals surface area contributed by atoms with Gasteiger partial charge in [0.15, 0.2) is 5.82 Å². The summed E-state index contributed by atoms with van der Waals surface area (Å²) >= 11 is 0. The second-order valence-electron chi connectivity index (χ2n) is 4.58. The third-order valence-electron chi connectivity index (χ3n) is 3.23. The van der Waals surface area contributed by atoms with Gasteiger partial charge in [0.1, 0.15) is 11.6 Å². The monoisotopic (exact) mass is 265 g/mol. The lowest BCUT2D eigenvalue weighted by molar-refractivity contribution is 0.366. The molecule has 1 aliphatic heterocycles. The van der Waals surface area contributed by atoms with Gasteiger partial charge in [-0.05, 0) is 31.5 Å². The Bertz CT molecular complexity index is 579. The highest BCUT2D eigenvalue weighted by atomic mass is 19.1. The minimum atomic E-state index is -0.702. The van der Waals surface area contributed by atoms with Crippen LogP contribution in [0.3, 0.4) is 0 Å². The second-order valence-corrected chi connectivity index (χ2v) is 4.58. The Kier molecular flexibility index (Phi) is 3.25. The van der Waals surface area contributed by atoms with E-state index >= 15 is 0 Å². The minimum absolute atomic E-state index is 0.0507. The molecule has 0 radical (unpaired) electrons. The van der Waals surface area contributed by atoms with E-state index in [1.165, 1.54) is 12.1 Å².